The second-order valence-electron chi connectivity index (χ2n) is 7.62. The summed E-state index contributed by atoms with van der Waals surface area (Å²) in [6.45, 7) is 5.60. The average molecular weight is 380 g/mol. The van der Waals surface area contributed by atoms with Crippen molar-refractivity contribution in [3.8, 4) is 0 Å². The number of pyridine rings is 1. The van der Waals surface area contributed by atoms with Crippen molar-refractivity contribution in [1.82, 2.24) is 19.4 Å². The molecule has 0 atom stereocenters. The van der Waals surface area contributed by atoms with Gasteiger partial charge in [-0.05, 0) is 61.9 Å². The van der Waals surface area contributed by atoms with Gasteiger partial charge in [0.1, 0.15) is 17.2 Å². The normalized spacial score (nSPS) is 13.8. The first-order valence-corrected chi connectivity index (χ1v) is 9.92. The topological polar surface area (TPSA) is 51.0 Å². The first kappa shape index (κ1) is 18.6. The third-order valence-electron chi connectivity index (χ3n) is 5.25. The lowest BCUT2D eigenvalue weighted by Crippen LogP contribution is -2.32. The fourth-order valence-corrected chi connectivity index (χ4v) is 3.48. The summed E-state index contributed by atoms with van der Waals surface area (Å²) in [5.74, 6) is 0.987. The van der Waals surface area contributed by atoms with Crippen LogP contribution in [0.3, 0.4) is 0 Å². The number of benzene rings is 1. The number of hydrogen-bond acceptors (Lipinski definition) is 3. The SMILES string of the molecule is CCCN(Cc1nc2cccnc2n1CC1CC1)C(=O)c1ccc(C)c(F)c1. The first-order chi connectivity index (χ1) is 13.6. The van der Waals surface area contributed by atoms with E-state index in [-0.39, 0.29) is 11.7 Å². The summed E-state index contributed by atoms with van der Waals surface area (Å²) in [6, 6.07) is 8.51. The number of fused-ring (bicyclic) bond motifs is 1. The molecule has 1 saturated carbocycles. The number of nitrogens with zero attached hydrogens (tertiary/aromatic N) is 4. The van der Waals surface area contributed by atoms with Crippen molar-refractivity contribution in [3.63, 3.8) is 0 Å². The van der Waals surface area contributed by atoms with Crippen LogP contribution in [0.4, 0.5) is 4.39 Å². The second-order valence-corrected chi connectivity index (χ2v) is 7.62. The molecular weight excluding hydrogens is 355 g/mol. The molecule has 146 valence electrons. The van der Waals surface area contributed by atoms with Crippen LogP contribution in [0.25, 0.3) is 11.2 Å². The van der Waals surface area contributed by atoms with Gasteiger partial charge in [0.15, 0.2) is 5.65 Å². The van der Waals surface area contributed by atoms with Gasteiger partial charge >= 0.3 is 0 Å². The number of hydrogen-bond donors (Lipinski definition) is 0. The monoisotopic (exact) mass is 380 g/mol. The van der Waals surface area contributed by atoms with Crippen LogP contribution in [0, 0.1) is 18.7 Å². The van der Waals surface area contributed by atoms with Crippen molar-refractivity contribution in [2.24, 2.45) is 5.92 Å². The highest BCUT2D eigenvalue weighted by molar-refractivity contribution is 5.94. The number of carbonyl (C=O) groups is 1. The Morgan fingerprint density at radius 2 is 2.14 bits per heavy atom. The Hall–Kier alpha value is -2.76. The van der Waals surface area contributed by atoms with Gasteiger partial charge in [-0.15, -0.1) is 0 Å². The molecule has 2 heterocycles. The van der Waals surface area contributed by atoms with Gasteiger partial charge in [-0.25, -0.2) is 14.4 Å². The van der Waals surface area contributed by atoms with Gasteiger partial charge in [-0.1, -0.05) is 13.0 Å². The second kappa shape index (κ2) is 7.70. The molecular formula is C22H25FN4O. The van der Waals surface area contributed by atoms with E-state index >= 15 is 0 Å². The molecule has 4 rings (SSSR count). The Morgan fingerprint density at radius 3 is 2.86 bits per heavy atom. The van der Waals surface area contributed by atoms with Crippen molar-refractivity contribution in [2.75, 3.05) is 6.54 Å². The number of carbonyl (C=O) groups excluding carboxylic acids is 1. The number of halogens is 1. The van der Waals surface area contributed by atoms with Crippen molar-refractivity contribution in [1.29, 1.82) is 0 Å². The molecule has 1 aliphatic carbocycles. The van der Waals surface area contributed by atoms with Crippen LogP contribution in [0.2, 0.25) is 0 Å². The summed E-state index contributed by atoms with van der Waals surface area (Å²) in [7, 11) is 0. The molecule has 3 aromatic rings. The van der Waals surface area contributed by atoms with Crippen LogP contribution in [0.1, 0.15) is 47.9 Å². The predicted molar refractivity (Wildman–Crippen MR) is 106 cm³/mol. The molecule has 0 saturated heterocycles. The zero-order chi connectivity index (χ0) is 19.7. The third-order valence-corrected chi connectivity index (χ3v) is 5.25. The van der Waals surface area contributed by atoms with Crippen LogP contribution in [0.5, 0.6) is 0 Å². The van der Waals surface area contributed by atoms with E-state index < -0.39 is 0 Å². The number of imidazole rings is 1. The lowest BCUT2D eigenvalue weighted by molar-refractivity contribution is 0.0736. The van der Waals surface area contributed by atoms with Gasteiger partial charge in [0.05, 0.1) is 6.54 Å². The number of aromatic nitrogens is 3. The molecule has 0 aliphatic heterocycles. The Morgan fingerprint density at radius 1 is 1.32 bits per heavy atom. The molecule has 0 bridgehead atoms. The Bertz CT molecular complexity index is 1010. The minimum atomic E-state index is -0.354. The van der Waals surface area contributed by atoms with E-state index in [4.69, 9.17) is 4.98 Å². The van der Waals surface area contributed by atoms with Gasteiger partial charge in [0.25, 0.3) is 5.91 Å². The zero-order valence-electron chi connectivity index (χ0n) is 16.4. The van der Waals surface area contributed by atoms with E-state index in [1.54, 1.807) is 30.2 Å². The fraction of sp³-hybridized carbons (Fsp3) is 0.409. The molecule has 1 aromatic carbocycles. The van der Waals surface area contributed by atoms with Crippen LogP contribution < -0.4 is 0 Å². The van der Waals surface area contributed by atoms with Gasteiger partial charge < -0.3 is 9.47 Å². The quantitative estimate of drug-likeness (QED) is 0.613. The molecule has 1 amide bonds. The van der Waals surface area contributed by atoms with Crippen LogP contribution >= 0.6 is 0 Å². The van der Waals surface area contributed by atoms with Gasteiger partial charge in [0.2, 0.25) is 0 Å². The molecule has 28 heavy (non-hydrogen) atoms. The molecule has 1 fully saturated rings. The third kappa shape index (κ3) is 3.77. The molecule has 0 spiro atoms. The summed E-state index contributed by atoms with van der Waals surface area (Å²) in [6.07, 6.45) is 5.06. The molecule has 0 N–H and O–H groups in total. The number of aryl methyl sites for hydroxylation is 1. The van der Waals surface area contributed by atoms with Gasteiger partial charge in [0, 0.05) is 24.8 Å². The average Bonchev–Trinajstić information content (AvgIpc) is 3.45. The number of amides is 1. The van der Waals surface area contributed by atoms with Crippen LogP contribution in [-0.4, -0.2) is 31.9 Å². The van der Waals surface area contributed by atoms with Crippen LogP contribution in [-0.2, 0) is 13.1 Å². The molecule has 6 heteroatoms. The summed E-state index contributed by atoms with van der Waals surface area (Å²) in [5.41, 5.74) is 2.63. The Balaban J connectivity index is 1.65. The maximum atomic E-state index is 14.0. The minimum absolute atomic E-state index is 0.168. The van der Waals surface area contributed by atoms with Crippen LogP contribution in [0.15, 0.2) is 36.5 Å². The Kier molecular flexibility index (Phi) is 5.11. The maximum absolute atomic E-state index is 14.0. The molecule has 5 nitrogen and oxygen atoms in total. The van der Waals surface area contributed by atoms with E-state index in [0.29, 0.717) is 30.1 Å². The van der Waals surface area contributed by atoms with Crippen molar-refractivity contribution in [2.45, 2.75) is 46.2 Å². The minimum Gasteiger partial charge on any atom is -0.331 e. The van der Waals surface area contributed by atoms with Crippen molar-refractivity contribution >= 4 is 17.1 Å². The largest absolute Gasteiger partial charge is 0.331 e. The first-order valence-electron chi connectivity index (χ1n) is 9.92. The lowest BCUT2D eigenvalue weighted by Gasteiger charge is -2.22. The smallest absolute Gasteiger partial charge is 0.254 e. The van der Waals surface area contributed by atoms with E-state index in [0.717, 1.165) is 30.0 Å². The highest BCUT2D eigenvalue weighted by atomic mass is 19.1. The molecule has 1 aliphatic rings. The molecule has 0 unspecified atom stereocenters. The van der Waals surface area contributed by atoms with Crippen molar-refractivity contribution < 1.29 is 9.18 Å². The maximum Gasteiger partial charge on any atom is 0.254 e. The fourth-order valence-electron chi connectivity index (χ4n) is 3.48. The standard InChI is InChI=1S/C22H25FN4O/c1-3-11-26(22(28)17-9-6-15(2)18(23)12-17)14-20-25-19-5-4-10-24-21(19)27(20)13-16-7-8-16/h4-6,9-10,12,16H,3,7-8,11,13-14H2,1-2H3. The van der Waals surface area contributed by atoms with E-state index in [2.05, 4.69) is 9.55 Å². The van der Waals surface area contributed by atoms with E-state index in [9.17, 15) is 9.18 Å². The number of rotatable bonds is 7. The van der Waals surface area contributed by atoms with E-state index in [1.165, 1.54) is 18.9 Å². The van der Waals surface area contributed by atoms with Gasteiger partial charge in [-0.2, -0.15) is 0 Å². The molecule has 0 radical (unpaired) electrons. The van der Waals surface area contributed by atoms with Crippen molar-refractivity contribution in [3.05, 3.63) is 59.3 Å². The summed E-state index contributed by atoms with van der Waals surface area (Å²) in [5, 5.41) is 0. The summed E-state index contributed by atoms with van der Waals surface area (Å²) in [4.78, 5) is 24.1. The highest BCUT2D eigenvalue weighted by Gasteiger charge is 2.26. The lowest BCUT2D eigenvalue weighted by atomic mass is 10.1. The Labute approximate surface area is 164 Å². The zero-order valence-corrected chi connectivity index (χ0v) is 16.4. The summed E-state index contributed by atoms with van der Waals surface area (Å²) >= 11 is 0. The predicted octanol–water partition coefficient (Wildman–Crippen LogP) is 4.34. The highest BCUT2D eigenvalue weighted by Crippen LogP contribution is 2.32. The van der Waals surface area contributed by atoms with Gasteiger partial charge in [-0.3, -0.25) is 4.79 Å². The van der Waals surface area contributed by atoms with E-state index in [1.807, 2.05) is 19.1 Å². The molecule has 2 aromatic heterocycles. The summed E-state index contributed by atoms with van der Waals surface area (Å²) < 4.78 is 16.1.